The molecule has 0 saturated heterocycles. The highest BCUT2D eigenvalue weighted by atomic mass is 32.2. The molecule has 0 aliphatic heterocycles. The summed E-state index contributed by atoms with van der Waals surface area (Å²) in [6.07, 6.45) is 1.17. The Labute approximate surface area is 181 Å². The van der Waals surface area contributed by atoms with E-state index in [2.05, 4.69) is 4.74 Å². The minimum Gasteiger partial charge on any atom is -0.465 e. The second-order valence-electron chi connectivity index (χ2n) is 6.84. The van der Waals surface area contributed by atoms with Gasteiger partial charge in [0.05, 0.1) is 18.6 Å². The number of amides is 1. The number of carbonyl (C=O) groups is 2. The van der Waals surface area contributed by atoms with E-state index in [1.54, 1.807) is 20.8 Å². The number of sulfonamides is 1. The van der Waals surface area contributed by atoms with Gasteiger partial charge < -0.3 is 18.6 Å². The molecule has 10 nitrogen and oxygen atoms in total. The normalized spacial score (nSPS) is 11.5. The van der Waals surface area contributed by atoms with Gasteiger partial charge in [-0.1, -0.05) is 13.8 Å². The predicted molar refractivity (Wildman–Crippen MR) is 112 cm³/mol. The molecule has 11 heteroatoms. The van der Waals surface area contributed by atoms with E-state index in [-0.39, 0.29) is 36.6 Å². The van der Waals surface area contributed by atoms with Crippen LogP contribution in [0.2, 0.25) is 0 Å². The van der Waals surface area contributed by atoms with Crippen molar-refractivity contribution in [3.8, 4) is 0 Å². The van der Waals surface area contributed by atoms with Crippen LogP contribution in [0.15, 0.2) is 38.5 Å². The van der Waals surface area contributed by atoms with E-state index >= 15 is 0 Å². The van der Waals surface area contributed by atoms with Crippen molar-refractivity contribution in [2.75, 3.05) is 27.2 Å². The second-order valence-corrected chi connectivity index (χ2v) is 8.78. The zero-order valence-electron chi connectivity index (χ0n) is 18.2. The molecular formula is C20H27N3O7S. The summed E-state index contributed by atoms with van der Waals surface area (Å²) in [7, 11) is -0.994. The lowest BCUT2D eigenvalue weighted by atomic mass is 10.2. The molecule has 0 radical (unpaired) electrons. The Morgan fingerprint density at radius 2 is 1.84 bits per heavy atom. The number of esters is 1. The summed E-state index contributed by atoms with van der Waals surface area (Å²) in [5.41, 5.74) is -0.231. The molecule has 0 spiro atoms. The summed E-state index contributed by atoms with van der Waals surface area (Å²) in [4.78, 5) is 37.8. The third-order valence-electron chi connectivity index (χ3n) is 4.80. The SMILES string of the molecule is CCN(CC)S(=O)(=O)c1ccc(=O)n(CC(=O)N(C)Cc2cc(C(=O)OC)c(C)o2)c1. The molecule has 2 rings (SSSR count). The summed E-state index contributed by atoms with van der Waals surface area (Å²) in [5.74, 6) is -0.236. The highest BCUT2D eigenvalue weighted by Gasteiger charge is 2.23. The average Bonchev–Trinajstić information content (AvgIpc) is 3.09. The number of aromatic nitrogens is 1. The Balaban J connectivity index is 2.20. The van der Waals surface area contributed by atoms with Gasteiger partial charge in [-0.15, -0.1) is 0 Å². The highest BCUT2D eigenvalue weighted by molar-refractivity contribution is 7.89. The minimum atomic E-state index is -3.77. The Hall–Kier alpha value is -2.92. The van der Waals surface area contributed by atoms with Crippen LogP contribution < -0.4 is 5.56 Å². The van der Waals surface area contributed by atoms with Gasteiger partial charge in [0.2, 0.25) is 15.9 Å². The van der Waals surface area contributed by atoms with Crippen molar-refractivity contribution in [2.24, 2.45) is 0 Å². The van der Waals surface area contributed by atoms with Crippen molar-refractivity contribution in [3.63, 3.8) is 0 Å². The van der Waals surface area contributed by atoms with Crippen molar-refractivity contribution < 1.29 is 27.2 Å². The monoisotopic (exact) mass is 453 g/mol. The van der Waals surface area contributed by atoms with Gasteiger partial charge in [-0.2, -0.15) is 4.31 Å². The molecule has 2 aromatic rings. The van der Waals surface area contributed by atoms with Gasteiger partial charge in [0.15, 0.2) is 0 Å². The summed E-state index contributed by atoms with van der Waals surface area (Å²) in [6.45, 7) is 5.34. The van der Waals surface area contributed by atoms with Crippen LogP contribution in [0.25, 0.3) is 0 Å². The zero-order chi connectivity index (χ0) is 23.3. The van der Waals surface area contributed by atoms with Crippen LogP contribution in [0.4, 0.5) is 0 Å². The molecule has 0 atom stereocenters. The molecule has 0 aromatic carbocycles. The van der Waals surface area contributed by atoms with Crippen LogP contribution in [-0.2, 0) is 32.6 Å². The molecule has 0 saturated carbocycles. The molecule has 170 valence electrons. The van der Waals surface area contributed by atoms with E-state index in [1.807, 2.05) is 0 Å². The predicted octanol–water partition coefficient (Wildman–Crippen LogP) is 1.23. The standard InChI is InChI=1S/C20H27N3O7S/c1-6-23(7-2)31(27,28)16-8-9-18(24)22(12-16)13-19(25)21(4)11-15-10-17(14(3)30-15)20(26)29-5/h8-10,12H,6-7,11,13H2,1-5H3. The van der Waals surface area contributed by atoms with Crippen LogP contribution in [0.1, 0.15) is 35.7 Å². The van der Waals surface area contributed by atoms with Crippen molar-refractivity contribution in [1.29, 1.82) is 0 Å². The van der Waals surface area contributed by atoms with E-state index < -0.39 is 27.5 Å². The van der Waals surface area contributed by atoms with Crippen molar-refractivity contribution in [3.05, 3.63) is 51.8 Å². The maximum atomic E-state index is 12.7. The lowest BCUT2D eigenvalue weighted by molar-refractivity contribution is -0.131. The third-order valence-corrected chi connectivity index (χ3v) is 6.83. The number of ether oxygens (including phenoxy) is 1. The first-order valence-electron chi connectivity index (χ1n) is 9.67. The molecule has 31 heavy (non-hydrogen) atoms. The van der Waals surface area contributed by atoms with Crippen molar-refractivity contribution >= 4 is 21.9 Å². The van der Waals surface area contributed by atoms with E-state index in [0.29, 0.717) is 11.5 Å². The Bertz CT molecular complexity index is 1110. The Kier molecular flexibility index (Phi) is 7.80. The van der Waals surface area contributed by atoms with Gasteiger partial charge >= 0.3 is 5.97 Å². The minimum absolute atomic E-state index is 0.0584. The first-order valence-corrected chi connectivity index (χ1v) is 11.1. The summed E-state index contributed by atoms with van der Waals surface area (Å²) in [5, 5.41) is 0. The molecule has 0 bridgehead atoms. The first kappa shape index (κ1) is 24.4. The van der Waals surface area contributed by atoms with Gasteiger partial charge in [0, 0.05) is 32.4 Å². The molecule has 0 N–H and O–H groups in total. The van der Waals surface area contributed by atoms with Gasteiger partial charge in [-0.3, -0.25) is 9.59 Å². The highest BCUT2D eigenvalue weighted by Crippen LogP contribution is 2.17. The maximum absolute atomic E-state index is 12.7. The van der Waals surface area contributed by atoms with Crippen molar-refractivity contribution in [2.45, 2.75) is 38.8 Å². The fourth-order valence-electron chi connectivity index (χ4n) is 3.02. The maximum Gasteiger partial charge on any atom is 0.341 e. The first-order chi connectivity index (χ1) is 14.5. The van der Waals surface area contributed by atoms with Crippen LogP contribution in [-0.4, -0.2) is 61.3 Å². The number of hydrogen-bond acceptors (Lipinski definition) is 7. The smallest absolute Gasteiger partial charge is 0.341 e. The van der Waals surface area contributed by atoms with E-state index in [9.17, 15) is 22.8 Å². The summed E-state index contributed by atoms with van der Waals surface area (Å²) >= 11 is 0. The van der Waals surface area contributed by atoms with Crippen molar-refractivity contribution in [1.82, 2.24) is 13.8 Å². The Morgan fingerprint density at radius 1 is 1.19 bits per heavy atom. The number of likely N-dealkylation sites (N-methyl/N-ethyl adjacent to an activating group) is 1. The molecule has 1 amide bonds. The number of methoxy groups -OCH3 is 1. The number of rotatable bonds is 9. The topological polar surface area (TPSA) is 119 Å². The van der Waals surface area contributed by atoms with E-state index in [1.165, 1.54) is 41.7 Å². The number of aryl methyl sites for hydroxylation is 1. The molecule has 2 aromatic heterocycles. The third kappa shape index (κ3) is 5.42. The number of nitrogens with zero attached hydrogens (tertiary/aromatic N) is 3. The molecule has 2 heterocycles. The van der Waals surface area contributed by atoms with Gasteiger partial charge in [-0.25, -0.2) is 13.2 Å². The van der Waals surface area contributed by atoms with Crippen LogP contribution in [0, 0.1) is 6.92 Å². The number of furan rings is 1. The summed E-state index contributed by atoms with van der Waals surface area (Å²) in [6, 6.07) is 3.86. The lowest BCUT2D eigenvalue weighted by Crippen LogP contribution is -2.35. The van der Waals surface area contributed by atoms with Gasteiger partial charge in [-0.05, 0) is 19.1 Å². The van der Waals surface area contributed by atoms with E-state index in [4.69, 9.17) is 4.42 Å². The van der Waals surface area contributed by atoms with Crippen LogP contribution >= 0.6 is 0 Å². The molecular weight excluding hydrogens is 426 g/mol. The molecule has 0 fully saturated rings. The number of pyridine rings is 1. The summed E-state index contributed by atoms with van der Waals surface area (Å²) < 4.78 is 37.9. The Morgan fingerprint density at radius 3 is 2.42 bits per heavy atom. The van der Waals surface area contributed by atoms with Crippen LogP contribution in [0.5, 0.6) is 0 Å². The lowest BCUT2D eigenvalue weighted by Gasteiger charge is -2.20. The quantitative estimate of drug-likeness (QED) is 0.524. The van der Waals surface area contributed by atoms with Gasteiger partial charge in [0.1, 0.15) is 23.6 Å². The number of hydrogen-bond donors (Lipinski definition) is 0. The fourth-order valence-corrected chi connectivity index (χ4v) is 4.50. The molecule has 0 aliphatic rings. The zero-order valence-corrected chi connectivity index (χ0v) is 19.1. The van der Waals surface area contributed by atoms with Crippen LogP contribution in [0.3, 0.4) is 0 Å². The fraction of sp³-hybridized carbons (Fsp3) is 0.450. The average molecular weight is 454 g/mol. The molecule has 0 unspecified atom stereocenters. The largest absolute Gasteiger partial charge is 0.465 e. The number of carbonyl (C=O) groups excluding carboxylic acids is 2. The van der Waals surface area contributed by atoms with Gasteiger partial charge in [0.25, 0.3) is 5.56 Å². The molecule has 0 aliphatic carbocycles. The van der Waals surface area contributed by atoms with E-state index in [0.717, 1.165) is 10.6 Å². The second kappa shape index (κ2) is 9.92.